The molecule has 1 aromatic rings. The quantitative estimate of drug-likeness (QED) is 0.773. The molecule has 160 valence electrons. The molecule has 3 aliphatic carbocycles. The van der Waals surface area contributed by atoms with E-state index in [1.807, 2.05) is 11.0 Å². The van der Waals surface area contributed by atoms with Crippen LogP contribution in [0.25, 0.3) is 0 Å². The molecule has 30 heavy (non-hydrogen) atoms. The number of urea groups is 1. The number of nitrogens with one attached hydrogen (secondary N) is 1. The van der Waals surface area contributed by atoms with Gasteiger partial charge in [-0.1, -0.05) is 31.2 Å². The molecule has 1 heterocycles. The van der Waals surface area contributed by atoms with Crippen LogP contribution in [0.1, 0.15) is 75.5 Å². The zero-order valence-corrected chi connectivity index (χ0v) is 17.7. The van der Waals surface area contributed by atoms with Gasteiger partial charge in [0.25, 0.3) is 5.91 Å². The van der Waals surface area contributed by atoms with Crippen molar-refractivity contribution in [1.29, 1.82) is 0 Å². The van der Waals surface area contributed by atoms with E-state index >= 15 is 0 Å². The Kier molecular flexibility index (Phi) is 4.83. The second-order valence-electron chi connectivity index (χ2n) is 9.73. The van der Waals surface area contributed by atoms with Gasteiger partial charge in [0.2, 0.25) is 5.91 Å². The summed E-state index contributed by atoms with van der Waals surface area (Å²) in [7, 11) is 0. The van der Waals surface area contributed by atoms with Gasteiger partial charge in [-0.05, 0) is 74.8 Å². The van der Waals surface area contributed by atoms with E-state index in [0.717, 1.165) is 44.9 Å². The predicted octanol–water partition coefficient (Wildman–Crippen LogP) is 3.56. The maximum atomic E-state index is 13.5. The normalized spacial score (nSPS) is 30.9. The fourth-order valence-corrected chi connectivity index (χ4v) is 5.63. The van der Waals surface area contributed by atoms with Crippen LogP contribution < -0.4 is 5.32 Å². The van der Waals surface area contributed by atoms with Crippen LogP contribution in [0.2, 0.25) is 0 Å². The average Bonchev–Trinajstić information content (AvgIpc) is 3.55. The van der Waals surface area contributed by atoms with Crippen molar-refractivity contribution in [1.82, 2.24) is 15.1 Å². The number of carbonyl (C=O) groups is 3. The molecule has 1 unspecified atom stereocenters. The number of benzene rings is 1. The van der Waals surface area contributed by atoms with Crippen molar-refractivity contribution in [2.24, 2.45) is 5.92 Å². The number of aryl methyl sites for hydroxylation is 1. The van der Waals surface area contributed by atoms with E-state index in [1.165, 1.54) is 16.0 Å². The molecule has 1 aromatic carbocycles. The fraction of sp³-hybridized carbons (Fsp3) is 0.625. The first-order valence-corrected chi connectivity index (χ1v) is 11.5. The Bertz CT molecular complexity index is 870. The molecule has 1 N–H and O–H groups in total. The van der Waals surface area contributed by atoms with Crippen molar-refractivity contribution >= 4 is 17.8 Å². The van der Waals surface area contributed by atoms with Gasteiger partial charge < -0.3 is 10.2 Å². The molecule has 6 nitrogen and oxygen atoms in total. The highest BCUT2D eigenvalue weighted by molar-refractivity contribution is 6.09. The molecule has 3 fully saturated rings. The minimum atomic E-state index is -0.786. The van der Waals surface area contributed by atoms with Crippen LogP contribution in [-0.2, 0) is 16.0 Å². The summed E-state index contributed by atoms with van der Waals surface area (Å²) < 4.78 is 0. The average molecular weight is 410 g/mol. The highest BCUT2D eigenvalue weighted by Gasteiger charge is 2.53. The molecule has 1 aliphatic heterocycles. The first kappa shape index (κ1) is 19.6. The van der Waals surface area contributed by atoms with Gasteiger partial charge in [0, 0.05) is 6.04 Å². The summed E-state index contributed by atoms with van der Waals surface area (Å²) in [5, 5.41) is 2.94. The van der Waals surface area contributed by atoms with Crippen LogP contribution >= 0.6 is 0 Å². The van der Waals surface area contributed by atoms with Crippen LogP contribution in [0.15, 0.2) is 24.3 Å². The van der Waals surface area contributed by atoms with Crippen molar-refractivity contribution in [3.63, 3.8) is 0 Å². The molecule has 0 aromatic heterocycles. The fourth-order valence-electron chi connectivity index (χ4n) is 5.63. The Hall–Kier alpha value is -2.37. The lowest BCUT2D eigenvalue weighted by atomic mass is 9.77. The number of nitrogens with zero attached hydrogens (tertiary/aromatic N) is 2. The summed E-state index contributed by atoms with van der Waals surface area (Å²) in [5.74, 6) is 0.282. The zero-order chi connectivity index (χ0) is 20.9. The second kappa shape index (κ2) is 7.40. The minimum absolute atomic E-state index is 0.0557. The van der Waals surface area contributed by atoms with Crippen LogP contribution in [0.4, 0.5) is 4.79 Å². The van der Waals surface area contributed by atoms with Gasteiger partial charge in [-0.25, -0.2) is 4.79 Å². The molecular weight excluding hydrogens is 378 g/mol. The summed E-state index contributed by atoms with van der Waals surface area (Å²) in [6.45, 7) is 2.04. The van der Waals surface area contributed by atoms with E-state index in [1.54, 1.807) is 0 Å². The van der Waals surface area contributed by atoms with E-state index in [9.17, 15) is 14.4 Å². The Labute approximate surface area is 178 Å². The largest absolute Gasteiger partial charge is 0.331 e. The van der Waals surface area contributed by atoms with Crippen LogP contribution in [-0.4, -0.2) is 45.8 Å². The van der Waals surface area contributed by atoms with Gasteiger partial charge in [-0.15, -0.1) is 0 Å². The van der Waals surface area contributed by atoms with Gasteiger partial charge in [-0.2, -0.15) is 0 Å². The molecule has 1 spiro atoms. The Morgan fingerprint density at radius 3 is 2.60 bits per heavy atom. The molecule has 0 radical (unpaired) electrons. The van der Waals surface area contributed by atoms with Gasteiger partial charge in [0.15, 0.2) is 0 Å². The highest BCUT2D eigenvalue weighted by atomic mass is 16.2. The van der Waals surface area contributed by atoms with Crippen LogP contribution in [0.5, 0.6) is 0 Å². The van der Waals surface area contributed by atoms with E-state index in [2.05, 4.69) is 30.4 Å². The number of rotatable bonds is 4. The number of carbonyl (C=O) groups excluding carboxylic acids is 3. The molecule has 4 amide bonds. The second-order valence-corrected chi connectivity index (χ2v) is 9.73. The third-order valence-corrected chi connectivity index (χ3v) is 7.57. The third-order valence-electron chi connectivity index (χ3n) is 7.57. The summed E-state index contributed by atoms with van der Waals surface area (Å²) in [6, 6.07) is 8.28. The van der Waals surface area contributed by atoms with E-state index < -0.39 is 11.6 Å². The maximum absolute atomic E-state index is 13.5. The van der Waals surface area contributed by atoms with Gasteiger partial charge in [-0.3, -0.25) is 14.5 Å². The molecule has 5 rings (SSSR count). The summed E-state index contributed by atoms with van der Waals surface area (Å²) in [6.07, 6.45) is 8.27. The van der Waals surface area contributed by atoms with Crippen LogP contribution in [0, 0.1) is 5.92 Å². The van der Waals surface area contributed by atoms with Crippen molar-refractivity contribution in [2.75, 3.05) is 6.54 Å². The standard InChI is InChI=1S/C24H31N3O3/c1-16-11-13-24(14-12-16)22(29)26(23(30)25-24)15-21(28)27(18-9-10-18)20-8-4-6-17-5-2-3-7-19(17)20/h2-3,5,7,16,18,20H,4,6,8-15H2,1H3,(H,25,30). The molecular formula is C24H31N3O3. The van der Waals surface area contributed by atoms with Gasteiger partial charge in [0.05, 0.1) is 6.04 Å². The molecule has 0 bridgehead atoms. The summed E-state index contributed by atoms with van der Waals surface area (Å²) in [4.78, 5) is 42.5. The smallest absolute Gasteiger partial charge is 0.325 e. The predicted molar refractivity (Wildman–Crippen MR) is 113 cm³/mol. The number of fused-ring (bicyclic) bond motifs is 1. The SMILES string of the molecule is CC1CCC2(CC1)NC(=O)N(CC(=O)N(C1CC1)C1CCCc3ccccc31)C2=O. The topological polar surface area (TPSA) is 69.7 Å². The molecule has 6 heteroatoms. The molecule has 1 atom stereocenters. The first-order valence-electron chi connectivity index (χ1n) is 11.5. The maximum Gasteiger partial charge on any atom is 0.325 e. The lowest BCUT2D eigenvalue weighted by Crippen LogP contribution is -2.50. The molecule has 1 saturated heterocycles. The lowest BCUT2D eigenvalue weighted by molar-refractivity contribution is -0.141. The monoisotopic (exact) mass is 409 g/mol. The van der Waals surface area contributed by atoms with Crippen molar-refractivity contribution in [3.8, 4) is 0 Å². The van der Waals surface area contributed by atoms with Gasteiger partial charge >= 0.3 is 6.03 Å². The lowest BCUT2D eigenvalue weighted by Gasteiger charge is -2.37. The number of hydrogen-bond donors (Lipinski definition) is 1. The Morgan fingerprint density at radius 2 is 1.87 bits per heavy atom. The Balaban J connectivity index is 1.35. The number of amides is 4. The molecule has 2 saturated carbocycles. The molecule has 4 aliphatic rings. The van der Waals surface area contributed by atoms with E-state index in [-0.39, 0.29) is 30.4 Å². The zero-order valence-electron chi connectivity index (χ0n) is 17.7. The first-order chi connectivity index (χ1) is 14.5. The third kappa shape index (κ3) is 3.30. The minimum Gasteiger partial charge on any atom is -0.331 e. The van der Waals surface area contributed by atoms with Crippen LogP contribution in [0.3, 0.4) is 0 Å². The number of imide groups is 1. The van der Waals surface area contributed by atoms with Crippen molar-refractivity contribution in [2.45, 2.75) is 82.3 Å². The number of hydrogen-bond acceptors (Lipinski definition) is 3. The Morgan fingerprint density at radius 1 is 1.13 bits per heavy atom. The summed E-state index contributed by atoms with van der Waals surface area (Å²) >= 11 is 0. The van der Waals surface area contributed by atoms with E-state index in [0.29, 0.717) is 18.8 Å². The highest BCUT2D eigenvalue weighted by Crippen LogP contribution is 2.41. The van der Waals surface area contributed by atoms with Crippen molar-refractivity contribution < 1.29 is 14.4 Å². The summed E-state index contributed by atoms with van der Waals surface area (Å²) in [5.41, 5.74) is 1.77. The van der Waals surface area contributed by atoms with E-state index in [4.69, 9.17) is 0 Å². The van der Waals surface area contributed by atoms with Gasteiger partial charge in [0.1, 0.15) is 12.1 Å². The van der Waals surface area contributed by atoms with Crippen molar-refractivity contribution in [3.05, 3.63) is 35.4 Å².